The number of carbonyl (C=O) groups excluding carboxylic acids is 2. The van der Waals surface area contributed by atoms with Crippen LogP contribution in [0.5, 0.6) is 5.75 Å². The van der Waals surface area contributed by atoms with Gasteiger partial charge in [-0.2, -0.15) is 0 Å². The van der Waals surface area contributed by atoms with Gasteiger partial charge in [-0.15, -0.1) is 0 Å². The molecule has 0 spiro atoms. The molecule has 3 aromatic rings. The maximum atomic E-state index is 12.5. The van der Waals surface area contributed by atoms with Crippen LogP contribution in [-0.4, -0.2) is 43.4 Å². The number of aromatic nitrogens is 1. The Kier molecular flexibility index (Phi) is 9.91. The lowest BCUT2D eigenvalue weighted by Crippen LogP contribution is -2.47. The molecule has 3 rings (SSSR count). The molecule has 0 radical (unpaired) electrons. The first-order valence-electron chi connectivity index (χ1n) is 14.3. The van der Waals surface area contributed by atoms with E-state index >= 15 is 0 Å². The molecule has 0 saturated heterocycles. The molecule has 42 heavy (non-hydrogen) atoms. The summed E-state index contributed by atoms with van der Waals surface area (Å²) in [6.45, 7) is 21.0. The summed E-state index contributed by atoms with van der Waals surface area (Å²) < 4.78 is 17.9. The summed E-state index contributed by atoms with van der Waals surface area (Å²) in [5.41, 5.74) is 1.62. The molecule has 228 valence electrons. The van der Waals surface area contributed by atoms with E-state index in [0.717, 1.165) is 22.8 Å². The molecule has 9 heteroatoms. The molecule has 2 aromatic carbocycles. The van der Waals surface area contributed by atoms with Gasteiger partial charge in [-0.3, -0.25) is 9.59 Å². The van der Waals surface area contributed by atoms with Crippen LogP contribution in [0, 0.1) is 0 Å². The molecule has 2 N–H and O–H groups in total. The molecule has 0 aliphatic rings. The zero-order valence-corrected chi connectivity index (χ0v) is 27.6. The van der Waals surface area contributed by atoms with Gasteiger partial charge in [-0.05, 0) is 88.5 Å². The van der Waals surface area contributed by atoms with Crippen molar-refractivity contribution in [3.8, 4) is 5.75 Å². The van der Waals surface area contributed by atoms with Crippen molar-refractivity contribution in [2.75, 3.05) is 6.54 Å². The molecule has 0 fully saturated rings. The fourth-order valence-corrected chi connectivity index (χ4v) is 5.72. The van der Waals surface area contributed by atoms with Crippen molar-refractivity contribution in [1.82, 2.24) is 10.3 Å². The molecule has 0 unspecified atom stereocenters. The van der Waals surface area contributed by atoms with E-state index < -0.39 is 20.1 Å². The first-order valence-corrected chi connectivity index (χ1v) is 17.2. The van der Waals surface area contributed by atoms with Crippen molar-refractivity contribution < 1.29 is 23.5 Å². The monoisotopic (exact) mass is 594 g/mol. The Labute approximate surface area is 250 Å². The maximum absolute atomic E-state index is 12.5. The van der Waals surface area contributed by atoms with Crippen molar-refractivity contribution in [3.05, 3.63) is 75.6 Å². The van der Waals surface area contributed by atoms with Crippen LogP contribution < -0.4 is 15.6 Å². The van der Waals surface area contributed by atoms with Gasteiger partial charge in [-0.25, -0.2) is 4.79 Å². The quantitative estimate of drug-likeness (QED) is 0.110. The number of nitrogens with one attached hydrogen (secondary N) is 2. The summed E-state index contributed by atoms with van der Waals surface area (Å²) in [5, 5.41) is 4.38. The average Bonchev–Trinajstić information content (AvgIpc) is 2.85. The summed E-state index contributed by atoms with van der Waals surface area (Å²) >= 11 is 0. The van der Waals surface area contributed by atoms with E-state index in [1.54, 1.807) is 39.0 Å². The van der Waals surface area contributed by atoms with E-state index in [4.69, 9.17) is 13.9 Å². The number of hydrogen-bond donors (Lipinski definition) is 2. The highest BCUT2D eigenvalue weighted by atomic mass is 28.4. The van der Waals surface area contributed by atoms with Gasteiger partial charge in [0.1, 0.15) is 11.9 Å². The number of H-pyrrole nitrogens is 1. The number of ether oxygens (including phenoxy) is 2. The van der Waals surface area contributed by atoms with Gasteiger partial charge in [0.05, 0.1) is 11.6 Å². The van der Waals surface area contributed by atoms with Crippen LogP contribution in [0.3, 0.4) is 0 Å². The van der Waals surface area contributed by atoms with Crippen LogP contribution >= 0.6 is 0 Å². The summed E-state index contributed by atoms with van der Waals surface area (Å²) in [7, 11) is -2.25. The summed E-state index contributed by atoms with van der Waals surface area (Å²) in [6, 6.07) is 14.4. The van der Waals surface area contributed by atoms with Gasteiger partial charge >= 0.3 is 6.16 Å². The number of hydrogen-bond acceptors (Lipinski definition) is 7. The molecule has 1 atom stereocenters. The van der Waals surface area contributed by atoms with Gasteiger partial charge in [0.2, 0.25) is 5.56 Å². The zero-order valence-electron chi connectivity index (χ0n) is 26.6. The average molecular weight is 595 g/mol. The maximum Gasteiger partial charge on any atom is 0.514 e. The Morgan fingerprint density at radius 3 is 2.31 bits per heavy atom. The Balaban J connectivity index is 2.01. The third-order valence-electron chi connectivity index (χ3n) is 7.56. The number of aromatic amines is 1. The third kappa shape index (κ3) is 8.86. The molecule has 0 aliphatic heterocycles. The highest BCUT2D eigenvalue weighted by molar-refractivity contribution is 6.74. The smallest absolute Gasteiger partial charge is 0.428 e. The lowest BCUT2D eigenvalue weighted by molar-refractivity contribution is 0.0208. The minimum absolute atomic E-state index is 0.0417. The largest absolute Gasteiger partial charge is 0.514 e. The van der Waals surface area contributed by atoms with Crippen molar-refractivity contribution >= 4 is 31.7 Å². The van der Waals surface area contributed by atoms with Crippen molar-refractivity contribution in [2.24, 2.45) is 0 Å². The minimum Gasteiger partial charge on any atom is -0.428 e. The number of fused-ring (bicyclic) bond motifs is 1. The Bertz CT molecular complexity index is 1480. The molecule has 0 saturated carbocycles. The molecule has 1 aromatic heterocycles. The second-order valence-corrected chi connectivity index (χ2v) is 18.8. The Hall–Kier alpha value is -3.27. The summed E-state index contributed by atoms with van der Waals surface area (Å²) in [6.07, 6.45) is 0.351. The van der Waals surface area contributed by atoms with Crippen LogP contribution in [0.1, 0.15) is 83.0 Å². The van der Waals surface area contributed by atoms with Crippen molar-refractivity contribution in [3.63, 3.8) is 0 Å². The molecule has 0 aliphatic carbocycles. The van der Waals surface area contributed by atoms with E-state index in [-0.39, 0.29) is 28.0 Å². The number of benzene rings is 2. The molecule has 8 nitrogen and oxygen atoms in total. The second-order valence-electron chi connectivity index (χ2n) is 14.0. The van der Waals surface area contributed by atoms with Crippen LogP contribution in [-0.2, 0) is 15.6 Å². The first kappa shape index (κ1) is 33.2. The normalized spacial score (nSPS) is 13.6. The van der Waals surface area contributed by atoms with Gasteiger partial charge < -0.3 is 24.2 Å². The van der Waals surface area contributed by atoms with E-state index in [1.807, 2.05) is 24.3 Å². The predicted octanol–water partition coefficient (Wildman–Crippen LogP) is 7.33. The van der Waals surface area contributed by atoms with Crippen molar-refractivity contribution in [1.29, 1.82) is 0 Å². The Morgan fingerprint density at radius 1 is 1.00 bits per heavy atom. The van der Waals surface area contributed by atoms with Gasteiger partial charge in [0.25, 0.3) is 0 Å². The van der Waals surface area contributed by atoms with Crippen LogP contribution in [0.15, 0.2) is 53.3 Å². The van der Waals surface area contributed by atoms with Gasteiger partial charge in [-0.1, -0.05) is 45.0 Å². The van der Waals surface area contributed by atoms with E-state index in [2.05, 4.69) is 58.0 Å². The van der Waals surface area contributed by atoms with Crippen LogP contribution in [0.4, 0.5) is 4.79 Å². The SMILES string of the molecule is CC(C)(Cc1cccc(C=O)c1)NC[C@H](O[Si](C)(C)C(C)(C)C)c1ccc(OC(=O)OC(C)(C)C)c2[nH]c(=O)ccc12. The van der Waals surface area contributed by atoms with Gasteiger partial charge in [0.15, 0.2) is 14.1 Å². The molecular weight excluding hydrogens is 548 g/mol. The molecule has 0 bridgehead atoms. The topological polar surface area (TPSA) is 107 Å². The number of pyridine rings is 1. The van der Waals surface area contributed by atoms with E-state index in [0.29, 0.717) is 24.0 Å². The highest BCUT2D eigenvalue weighted by Crippen LogP contribution is 2.41. The standard InChI is InChI=1S/C33H46N2O6Si/c1-31(2,3)40-30(38)39-26-16-14-24(25-15-17-28(37)35-29(25)26)27(41-42(9,10)32(4,5)6)20-34-33(7,8)19-22-12-11-13-23(18-22)21-36/h11-18,21,27,34H,19-20H2,1-10H3,(H,35,37)/t27-/m0/s1. The van der Waals surface area contributed by atoms with E-state index in [1.165, 1.54) is 6.07 Å². The lowest BCUT2D eigenvalue weighted by Gasteiger charge is -2.40. The zero-order chi connectivity index (χ0) is 31.5. The fourth-order valence-electron chi connectivity index (χ4n) is 4.44. The number of rotatable bonds is 10. The second kappa shape index (κ2) is 12.5. The Morgan fingerprint density at radius 2 is 1.69 bits per heavy atom. The fraction of sp³-hybridized carbons (Fsp3) is 0.485. The number of carbonyl (C=O) groups is 2. The summed E-state index contributed by atoms with van der Waals surface area (Å²) in [4.78, 5) is 39.0. The molecular formula is C33H46N2O6Si. The summed E-state index contributed by atoms with van der Waals surface area (Å²) in [5.74, 6) is 0.204. The van der Waals surface area contributed by atoms with Gasteiger partial charge in [0, 0.05) is 29.1 Å². The highest BCUT2D eigenvalue weighted by Gasteiger charge is 2.40. The first-order chi connectivity index (χ1) is 19.3. The minimum atomic E-state index is -2.25. The molecule has 0 amide bonds. The lowest BCUT2D eigenvalue weighted by atomic mass is 9.93. The third-order valence-corrected chi connectivity index (χ3v) is 12.0. The van der Waals surface area contributed by atoms with Crippen LogP contribution in [0.2, 0.25) is 18.1 Å². The predicted molar refractivity (Wildman–Crippen MR) is 170 cm³/mol. The number of aldehydes is 1. The van der Waals surface area contributed by atoms with Crippen LogP contribution in [0.25, 0.3) is 10.9 Å². The van der Waals surface area contributed by atoms with Crippen molar-refractivity contribution in [2.45, 2.75) is 97.2 Å². The van der Waals surface area contributed by atoms with E-state index in [9.17, 15) is 14.4 Å². The molecule has 1 heterocycles.